The number of ether oxygens (including phenoxy) is 1. The Bertz CT molecular complexity index is 833. The van der Waals surface area contributed by atoms with Crippen LogP contribution in [0.5, 0.6) is 0 Å². The van der Waals surface area contributed by atoms with Crippen molar-refractivity contribution < 1.29 is 18.7 Å². The topological polar surface area (TPSA) is 83.8 Å². The molecule has 1 fully saturated rings. The van der Waals surface area contributed by atoms with Gasteiger partial charge in [-0.1, -0.05) is 6.07 Å². The second kappa shape index (κ2) is 8.43. The van der Waals surface area contributed by atoms with Gasteiger partial charge < -0.3 is 19.4 Å². The third kappa shape index (κ3) is 4.69. The molecule has 2 N–H and O–H groups in total. The molecule has 0 aliphatic carbocycles. The highest BCUT2D eigenvalue weighted by Gasteiger charge is 2.19. The standard InChI is InChI=1S/C17H16BrN3O4S/c18-14-5-4-13(25-14)15(22)20-17(26)19-12-3-1-2-11(10-12)16(23)21-6-8-24-9-7-21/h1-5,10H,6-9H2,(H2,19,20,22,26). The van der Waals surface area contributed by atoms with Crippen LogP contribution in [0.1, 0.15) is 20.9 Å². The van der Waals surface area contributed by atoms with E-state index in [1.807, 2.05) is 0 Å². The molecule has 1 aliphatic rings. The van der Waals surface area contributed by atoms with Gasteiger partial charge in [-0.2, -0.15) is 0 Å². The molecule has 2 heterocycles. The highest BCUT2D eigenvalue weighted by atomic mass is 79.9. The molecule has 136 valence electrons. The molecule has 0 saturated carbocycles. The zero-order valence-electron chi connectivity index (χ0n) is 13.7. The number of amides is 2. The SMILES string of the molecule is O=C(NC(=S)Nc1cccc(C(=O)N2CCOCC2)c1)c1ccc(Br)o1. The van der Waals surface area contributed by atoms with Crippen molar-refractivity contribution in [2.75, 3.05) is 31.6 Å². The van der Waals surface area contributed by atoms with E-state index in [4.69, 9.17) is 21.4 Å². The minimum atomic E-state index is -0.464. The van der Waals surface area contributed by atoms with Gasteiger partial charge in [-0.05, 0) is 58.5 Å². The molecular formula is C17H16BrN3O4S. The smallest absolute Gasteiger partial charge is 0.293 e. The van der Waals surface area contributed by atoms with Crippen LogP contribution in [0.3, 0.4) is 0 Å². The fraction of sp³-hybridized carbons (Fsp3) is 0.235. The maximum Gasteiger partial charge on any atom is 0.293 e. The van der Waals surface area contributed by atoms with Gasteiger partial charge >= 0.3 is 0 Å². The third-order valence-electron chi connectivity index (χ3n) is 3.69. The Hall–Kier alpha value is -2.23. The number of thiocarbonyl (C=S) groups is 1. The second-order valence-electron chi connectivity index (χ2n) is 5.50. The van der Waals surface area contributed by atoms with Crippen molar-refractivity contribution in [2.24, 2.45) is 0 Å². The molecule has 1 aromatic carbocycles. The largest absolute Gasteiger partial charge is 0.444 e. The average molecular weight is 438 g/mol. The van der Waals surface area contributed by atoms with Gasteiger partial charge in [0.1, 0.15) is 0 Å². The Kier molecular flexibility index (Phi) is 6.02. The Morgan fingerprint density at radius 2 is 1.92 bits per heavy atom. The molecule has 0 bridgehead atoms. The number of carbonyl (C=O) groups excluding carboxylic acids is 2. The lowest BCUT2D eigenvalue weighted by atomic mass is 10.1. The fourth-order valence-corrected chi connectivity index (χ4v) is 2.96. The van der Waals surface area contributed by atoms with Crippen LogP contribution in [0.4, 0.5) is 5.69 Å². The van der Waals surface area contributed by atoms with E-state index in [-0.39, 0.29) is 16.8 Å². The van der Waals surface area contributed by atoms with Crippen LogP contribution in [-0.2, 0) is 4.74 Å². The summed E-state index contributed by atoms with van der Waals surface area (Å²) in [4.78, 5) is 26.3. The first-order chi connectivity index (χ1) is 12.5. The van der Waals surface area contributed by atoms with Crippen molar-refractivity contribution in [3.8, 4) is 0 Å². The van der Waals surface area contributed by atoms with E-state index >= 15 is 0 Å². The highest BCUT2D eigenvalue weighted by molar-refractivity contribution is 9.10. The highest BCUT2D eigenvalue weighted by Crippen LogP contribution is 2.15. The molecule has 0 unspecified atom stereocenters. The van der Waals surface area contributed by atoms with E-state index < -0.39 is 5.91 Å². The first-order valence-corrected chi connectivity index (χ1v) is 9.08. The van der Waals surface area contributed by atoms with Gasteiger partial charge in [0.15, 0.2) is 15.5 Å². The predicted molar refractivity (Wildman–Crippen MR) is 103 cm³/mol. The van der Waals surface area contributed by atoms with E-state index in [0.717, 1.165) is 0 Å². The molecule has 7 nitrogen and oxygen atoms in total. The van der Waals surface area contributed by atoms with Gasteiger partial charge in [0, 0.05) is 24.3 Å². The van der Waals surface area contributed by atoms with Crippen LogP contribution < -0.4 is 10.6 Å². The summed E-state index contributed by atoms with van der Waals surface area (Å²) < 4.78 is 10.9. The number of rotatable bonds is 3. The zero-order valence-corrected chi connectivity index (χ0v) is 16.1. The summed E-state index contributed by atoms with van der Waals surface area (Å²) in [5, 5.41) is 5.53. The number of benzene rings is 1. The number of hydrogen-bond acceptors (Lipinski definition) is 5. The minimum Gasteiger partial charge on any atom is -0.444 e. The molecule has 0 spiro atoms. The summed E-state index contributed by atoms with van der Waals surface area (Å²) in [6.45, 7) is 2.23. The maximum atomic E-state index is 12.5. The zero-order chi connectivity index (χ0) is 18.5. The Labute approximate surface area is 163 Å². The summed E-state index contributed by atoms with van der Waals surface area (Å²) in [5.74, 6) is -0.390. The number of nitrogens with one attached hydrogen (secondary N) is 2. The third-order valence-corrected chi connectivity index (χ3v) is 4.32. The Morgan fingerprint density at radius 3 is 2.62 bits per heavy atom. The van der Waals surface area contributed by atoms with Crippen LogP contribution >= 0.6 is 28.1 Å². The number of morpholine rings is 1. The average Bonchev–Trinajstić information content (AvgIpc) is 3.08. The number of halogens is 1. The van der Waals surface area contributed by atoms with E-state index in [1.165, 1.54) is 6.07 Å². The lowest BCUT2D eigenvalue weighted by molar-refractivity contribution is 0.0303. The summed E-state index contributed by atoms with van der Waals surface area (Å²) in [6, 6.07) is 10.1. The van der Waals surface area contributed by atoms with Gasteiger partial charge in [-0.15, -0.1) is 0 Å². The van der Waals surface area contributed by atoms with E-state index in [2.05, 4.69) is 26.6 Å². The maximum absolute atomic E-state index is 12.5. The van der Waals surface area contributed by atoms with E-state index in [0.29, 0.717) is 42.2 Å². The van der Waals surface area contributed by atoms with Crippen molar-refractivity contribution in [3.05, 3.63) is 52.4 Å². The number of hydrogen-bond donors (Lipinski definition) is 2. The summed E-state index contributed by atoms with van der Waals surface area (Å²) in [6.07, 6.45) is 0. The second-order valence-corrected chi connectivity index (χ2v) is 6.69. The van der Waals surface area contributed by atoms with Crippen molar-refractivity contribution in [2.45, 2.75) is 0 Å². The van der Waals surface area contributed by atoms with Gasteiger partial charge in [0.25, 0.3) is 11.8 Å². The molecular weight excluding hydrogens is 422 g/mol. The molecule has 0 radical (unpaired) electrons. The molecule has 1 aromatic heterocycles. The van der Waals surface area contributed by atoms with Crippen LogP contribution in [-0.4, -0.2) is 48.1 Å². The van der Waals surface area contributed by atoms with Crippen LogP contribution in [0.25, 0.3) is 0 Å². The van der Waals surface area contributed by atoms with Crippen LogP contribution in [0, 0.1) is 0 Å². The summed E-state index contributed by atoms with van der Waals surface area (Å²) >= 11 is 8.28. The van der Waals surface area contributed by atoms with Gasteiger partial charge in [-0.25, -0.2) is 0 Å². The number of furan rings is 1. The van der Waals surface area contributed by atoms with Crippen LogP contribution in [0.15, 0.2) is 45.5 Å². The lowest BCUT2D eigenvalue weighted by Gasteiger charge is -2.27. The lowest BCUT2D eigenvalue weighted by Crippen LogP contribution is -2.40. The predicted octanol–water partition coefficient (Wildman–Crippen LogP) is 2.64. The van der Waals surface area contributed by atoms with Crippen LogP contribution in [0.2, 0.25) is 0 Å². The number of nitrogens with zero attached hydrogens (tertiary/aromatic N) is 1. The van der Waals surface area contributed by atoms with Gasteiger partial charge in [-0.3, -0.25) is 14.9 Å². The van der Waals surface area contributed by atoms with Crippen molar-refractivity contribution in [3.63, 3.8) is 0 Å². The summed E-state index contributed by atoms with van der Waals surface area (Å²) in [7, 11) is 0. The molecule has 9 heteroatoms. The normalized spacial score (nSPS) is 14.0. The number of anilines is 1. The molecule has 3 rings (SSSR count). The number of carbonyl (C=O) groups is 2. The Balaban J connectivity index is 1.61. The summed E-state index contributed by atoms with van der Waals surface area (Å²) in [5.41, 5.74) is 1.15. The van der Waals surface area contributed by atoms with Crippen molar-refractivity contribution in [1.82, 2.24) is 10.2 Å². The van der Waals surface area contributed by atoms with Gasteiger partial charge in [0.05, 0.1) is 13.2 Å². The molecule has 26 heavy (non-hydrogen) atoms. The first kappa shape index (κ1) is 18.6. The van der Waals surface area contributed by atoms with Gasteiger partial charge in [0.2, 0.25) is 0 Å². The molecule has 1 saturated heterocycles. The monoisotopic (exact) mass is 437 g/mol. The van der Waals surface area contributed by atoms with E-state index in [1.54, 1.807) is 35.2 Å². The molecule has 2 amide bonds. The van der Waals surface area contributed by atoms with Crippen molar-refractivity contribution >= 4 is 50.8 Å². The van der Waals surface area contributed by atoms with Crippen molar-refractivity contribution in [1.29, 1.82) is 0 Å². The Morgan fingerprint density at radius 1 is 1.15 bits per heavy atom. The van der Waals surface area contributed by atoms with E-state index in [9.17, 15) is 9.59 Å². The minimum absolute atomic E-state index is 0.0626. The molecule has 1 aliphatic heterocycles. The fourth-order valence-electron chi connectivity index (χ4n) is 2.44. The molecule has 0 atom stereocenters. The first-order valence-electron chi connectivity index (χ1n) is 7.88. The molecule has 2 aromatic rings. The quantitative estimate of drug-likeness (QED) is 0.718.